The van der Waals surface area contributed by atoms with E-state index in [0.29, 0.717) is 0 Å². The second-order valence-corrected chi connectivity index (χ2v) is 13.3. The van der Waals surface area contributed by atoms with Crippen molar-refractivity contribution in [1.29, 1.82) is 0 Å². The zero-order chi connectivity index (χ0) is 44.3. The highest BCUT2D eigenvalue weighted by Gasteiger charge is 2.52. The minimum atomic E-state index is -7.22. The zero-order valence-corrected chi connectivity index (χ0v) is 29.5. The van der Waals surface area contributed by atoms with Gasteiger partial charge in [-0.05, 0) is 20.8 Å². The fourth-order valence-corrected chi connectivity index (χ4v) is 5.83. The maximum absolute atomic E-state index is 15.4. The largest absolute Gasteiger partial charge is 0.347 e. The number of benzene rings is 4. The van der Waals surface area contributed by atoms with Gasteiger partial charge in [0.25, 0.3) is 0 Å². The van der Waals surface area contributed by atoms with E-state index < -0.39 is 144 Å². The van der Waals surface area contributed by atoms with Gasteiger partial charge in [0, 0.05) is 0 Å². The van der Waals surface area contributed by atoms with E-state index in [1.54, 1.807) is 0 Å². The first kappa shape index (κ1) is 46.2. The minimum Gasteiger partial charge on any atom is -0.273 e. The molecule has 0 saturated heterocycles. The van der Waals surface area contributed by atoms with E-state index in [4.69, 9.17) is 0 Å². The van der Waals surface area contributed by atoms with Gasteiger partial charge in [-0.2, -0.15) is 0 Å². The summed E-state index contributed by atoms with van der Waals surface area (Å²) in [6.07, 6.45) is -7.22. The third-order valence-corrected chi connectivity index (χ3v) is 8.04. The Bertz CT molecular complexity index is 1910. The molecule has 0 unspecified atom stereocenters. The van der Waals surface area contributed by atoms with Crippen LogP contribution in [0.3, 0.4) is 0 Å². The van der Waals surface area contributed by atoms with Crippen molar-refractivity contribution in [3.05, 3.63) is 116 Å². The molecule has 0 atom stereocenters. The van der Waals surface area contributed by atoms with E-state index in [1.807, 2.05) is 28.2 Å². The summed E-state index contributed by atoms with van der Waals surface area (Å²) in [5.74, 6) is -70.3. The molecule has 0 bridgehead atoms. The number of rotatable bonds is 4. The van der Waals surface area contributed by atoms with Crippen LogP contribution in [0.2, 0.25) is 0 Å². The number of nitrogens with one attached hydrogen (secondary N) is 1. The van der Waals surface area contributed by atoms with Crippen LogP contribution in [0.4, 0.5) is 87.8 Å². The summed E-state index contributed by atoms with van der Waals surface area (Å²) in [7, 11) is 8.14. The molecule has 3 nitrogen and oxygen atoms in total. The SMILES string of the molecule is CN(C)C(=[NH+]C(C)(C)C)N(C)C.Fc1c(F)c(F)c([B-](c2c(F)c(F)c(F)c(F)c2F)(c2c(F)c(F)c(F)c(F)c2F)c2c(F)c(F)c(F)c(F)c2F)c(F)c1F. The lowest BCUT2D eigenvalue weighted by Crippen LogP contribution is -2.88. The molecular formula is C33H22BF20N3. The van der Waals surface area contributed by atoms with E-state index in [0.717, 1.165) is 5.96 Å². The van der Waals surface area contributed by atoms with Crippen LogP contribution in [-0.4, -0.2) is 55.6 Å². The van der Waals surface area contributed by atoms with Crippen LogP contribution < -0.4 is 26.8 Å². The first-order valence-corrected chi connectivity index (χ1v) is 15.2. The maximum atomic E-state index is 15.4. The number of hydrogen-bond acceptors (Lipinski definition) is 0. The molecule has 0 aliphatic heterocycles. The van der Waals surface area contributed by atoms with Crippen molar-refractivity contribution in [2.45, 2.75) is 26.3 Å². The molecule has 0 heterocycles. The Morgan fingerprint density at radius 2 is 0.456 bits per heavy atom. The lowest BCUT2D eigenvalue weighted by atomic mass is 9.12. The summed E-state index contributed by atoms with van der Waals surface area (Å²) < 4.78 is 294. The van der Waals surface area contributed by atoms with Gasteiger partial charge < -0.3 is 0 Å². The molecule has 0 aliphatic rings. The molecule has 0 aliphatic carbocycles. The van der Waals surface area contributed by atoms with Crippen LogP contribution in [0.1, 0.15) is 20.8 Å². The molecule has 0 aromatic heterocycles. The van der Waals surface area contributed by atoms with Gasteiger partial charge >= 0.3 is 5.96 Å². The molecule has 4 aromatic rings. The van der Waals surface area contributed by atoms with Crippen molar-refractivity contribution >= 4 is 34.0 Å². The van der Waals surface area contributed by atoms with Gasteiger partial charge in [-0.25, -0.2) is 87.8 Å². The zero-order valence-electron chi connectivity index (χ0n) is 29.5. The average molecular weight is 851 g/mol. The Labute approximate surface area is 307 Å². The molecule has 0 saturated carbocycles. The molecule has 0 spiro atoms. The molecule has 57 heavy (non-hydrogen) atoms. The van der Waals surface area contributed by atoms with Gasteiger partial charge in [-0.15, -0.1) is 21.9 Å². The molecule has 0 radical (unpaired) electrons. The lowest BCUT2D eigenvalue weighted by molar-refractivity contribution is -0.547. The summed E-state index contributed by atoms with van der Waals surface area (Å²) in [6.45, 7) is 6.46. The highest BCUT2D eigenvalue weighted by molar-refractivity contribution is 7.20. The van der Waals surface area contributed by atoms with E-state index in [2.05, 4.69) is 35.6 Å². The van der Waals surface area contributed by atoms with Crippen molar-refractivity contribution in [3.63, 3.8) is 0 Å². The van der Waals surface area contributed by atoms with E-state index in [9.17, 15) is 52.7 Å². The van der Waals surface area contributed by atoms with Gasteiger partial charge in [0.2, 0.25) is 0 Å². The first-order chi connectivity index (χ1) is 25.9. The molecule has 1 N–H and O–H groups in total. The van der Waals surface area contributed by atoms with Crippen molar-refractivity contribution in [2.75, 3.05) is 28.2 Å². The van der Waals surface area contributed by atoms with Crippen LogP contribution in [-0.2, 0) is 0 Å². The third kappa shape index (κ3) is 7.41. The topological polar surface area (TPSA) is 20.5 Å². The molecule has 312 valence electrons. The lowest BCUT2D eigenvalue weighted by Gasteiger charge is -2.44. The van der Waals surface area contributed by atoms with Gasteiger partial charge in [0.1, 0.15) is 52.7 Å². The van der Waals surface area contributed by atoms with Crippen LogP contribution in [0.15, 0.2) is 0 Å². The predicted molar refractivity (Wildman–Crippen MR) is 162 cm³/mol. The van der Waals surface area contributed by atoms with Crippen molar-refractivity contribution in [1.82, 2.24) is 9.80 Å². The smallest absolute Gasteiger partial charge is 0.273 e. The molecule has 0 fully saturated rings. The van der Waals surface area contributed by atoms with Gasteiger partial charge in [-0.3, -0.25) is 14.8 Å². The van der Waals surface area contributed by atoms with Crippen LogP contribution in [0, 0.1) is 116 Å². The Kier molecular flexibility index (Phi) is 13.0. The van der Waals surface area contributed by atoms with Crippen LogP contribution in [0.5, 0.6) is 0 Å². The fourth-order valence-electron chi connectivity index (χ4n) is 5.83. The molecule has 24 heteroatoms. The van der Waals surface area contributed by atoms with Crippen molar-refractivity contribution in [2.24, 2.45) is 0 Å². The third-order valence-electron chi connectivity index (χ3n) is 8.04. The van der Waals surface area contributed by atoms with Crippen molar-refractivity contribution in [3.8, 4) is 0 Å². The molecule has 4 aromatic carbocycles. The fraction of sp³-hybridized carbons (Fsp3) is 0.242. The number of halogens is 20. The van der Waals surface area contributed by atoms with E-state index in [-0.39, 0.29) is 5.54 Å². The number of nitrogens with zero attached hydrogens (tertiary/aromatic N) is 2. The summed E-state index contributed by atoms with van der Waals surface area (Å²) in [5, 5.41) is 0. The predicted octanol–water partition coefficient (Wildman–Crippen LogP) is 5.19. The second kappa shape index (κ2) is 16.0. The Morgan fingerprint density at radius 1 is 0.316 bits per heavy atom. The minimum absolute atomic E-state index is 0.115. The highest BCUT2D eigenvalue weighted by Crippen LogP contribution is 2.30. The first-order valence-electron chi connectivity index (χ1n) is 15.2. The van der Waals surface area contributed by atoms with Gasteiger partial charge in [0.05, 0.1) is 33.7 Å². The Balaban J connectivity index is 0.000000626. The van der Waals surface area contributed by atoms with Crippen LogP contribution >= 0.6 is 0 Å². The van der Waals surface area contributed by atoms with Crippen LogP contribution in [0.25, 0.3) is 0 Å². The Morgan fingerprint density at radius 3 is 0.561 bits per heavy atom. The number of hydrogen-bond donors (Lipinski definition) is 1. The van der Waals surface area contributed by atoms with E-state index >= 15 is 35.1 Å². The summed E-state index contributed by atoms with van der Waals surface area (Å²) in [4.78, 5) is 7.57. The molecular weight excluding hydrogens is 829 g/mol. The Hall–Kier alpha value is -5.19. The van der Waals surface area contributed by atoms with E-state index in [1.165, 1.54) is 0 Å². The van der Waals surface area contributed by atoms with Gasteiger partial charge in [-0.1, -0.05) is 0 Å². The average Bonchev–Trinajstić information content (AvgIpc) is 3.13. The monoisotopic (exact) mass is 851 g/mol. The number of guanidine groups is 1. The summed E-state index contributed by atoms with van der Waals surface area (Å²) in [5.41, 5.74) is -14.2. The summed E-state index contributed by atoms with van der Waals surface area (Å²) in [6, 6.07) is 0. The molecule has 4 rings (SSSR count). The molecule has 0 amide bonds. The highest BCUT2D eigenvalue weighted by atomic mass is 19.2. The standard InChI is InChI=1S/C24BF20.C9H21N3/c26-5-1(6(27)14(35)21(42)13(5)34)25(2-7(28)15(36)22(43)16(37)8(2)29,3-9(30)17(38)23(44)18(39)10(3)31)4-11(32)19(40)24(45)20(41)12(4)33;1-9(2,3)10-8(11(4)5)12(6)7/h;1-7H3/q-1;/p+1. The maximum Gasteiger partial charge on any atom is 0.347 e. The summed E-state index contributed by atoms with van der Waals surface area (Å²) >= 11 is 0. The second-order valence-electron chi connectivity index (χ2n) is 13.3. The van der Waals surface area contributed by atoms with Crippen molar-refractivity contribution < 1.29 is 92.8 Å². The normalized spacial score (nSPS) is 11.8. The van der Waals surface area contributed by atoms with Gasteiger partial charge in [0.15, 0.2) is 69.8 Å². The quantitative estimate of drug-likeness (QED) is 0.0763.